The van der Waals surface area contributed by atoms with E-state index < -0.39 is 6.04 Å². The van der Waals surface area contributed by atoms with Crippen molar-refractivity contribution in [1.29, 1.82) is 0 Å². The summed E-state index contributed by atoms with van der Waals surface area (Å²) in [5, 5.41) is 0. The summed E-state index contributed by atoms with van der Waals surface area (Å²) in [7, 11) is 0. The van der Waals surface area contributed by atoms with Crippen LogP contribution < -0.4 is 5.73 Å². The van der Waals surface area contributed by atoms with Gasteiger partial charge in [-0.25, -0.2) is 4.39 Å². The maximum absolute atomic E-state index is 13.1. The second-order valence-electron chi connectivity index (χ2n) is 5.02. The minimum Gasteiger partial charge on any atom is -0.333 e. The van der Waals surface area contributed by atoms with E-state index in [9.17, 15) is 9.18 Å². The van der Waals surface area contributed by atoms with Gasteiger partial charge in [0.1, 0.15) is 5.82 Å². The molecule has 0 spiro atoms. The predicted molar refractivity (Wildman–Crippen MR) is 68.1 cm³/mol. The fraction of sp³-hybridized carbons (Fsp3) is 0.500. The number of hydrogen-bond acceptors (Lipinski definition) is 2. The Kier molecular flexibility index (Phi) is 3.66. The third kappa shape index (κ3) is 2.38. The van der Waals surface area contributed by atoms with E-state index in [0.717, 1.165) is 17.5 Å². The van der Waals surface area contributed by atoms with Crippen LogP contribution in [0.15, 0.2) is 18.2 Å². The average molecular weight is 250 g/mol. The molecule has 0 radical (unpaired) electrons. The largest absolute Gasteiger partial charge is 0.333 e. The first-order valence-electron chi connectivity index (χ1n) is 6.34. The lowest BCUT2D eigenvalue weighted by Gasteiger charge is -2.23. The van der Waals surface area contributed by atoms with Gasteiger partial charge in [0, 0.05) is 13.1 Å². The normalized spacial score (nSPS) is 17.4. The number of benzene rings is 1. The minimum absolute atomic E-state index is 0.0408. The maximum atomic E-state index is 13.1. The quantitative estimate of drug-likeness (QED) is 0.892. The first-order valence-corrected chi connectivity index (χ1v) is 6.34. The molecule has 1 aromatic carbocycles. The number of fused-ring (bicyclic) bond motifs is 1. The SMILES string of the molecule is CC[C@@H](C)[C@H](N)C(=O)N1Cc2ccc(F)cc2C1. The molecule has 0 aromatic heterocycles. The van der Waals surface area contributed by atoms with Gasteiger partial charge in [-0.15, -0.1) is 0 Å². The summed E-state index contributed by atoms with van der Waals surface area (Å²) in [6.45, 7) is 5.01. The number of rotatable bonds is 3. The highest BCUT2D eigenvalue weighted by Crippen LogP contribution is 2.24. The molecule has 3 nitrogen and oxygen atoms in total. The van der Waals surface area contributed by atoms with E-state index in [1.807, 2.05) is 13.8 Å². The van der Waals surface area contributed by atoms with Crippen LogP contribution in [0.2, 0.25) is 0 Å². The van der Waals surface area contributed by atoms with Crippen molar-refractivity contribution in [2.24, 2.45) is 11.7 Å². The first kappa shape index (κ1) is 13.0. The lowest BCUT2D eigenvalue weighted by Crippen LogP contribution is -2.44. The molecule has 1 aliphatic rings. The van der Waals surface area contributed by atoms with Gasteiger partial charge in [0.2, 0.25) is 5.91 Å². The van der Waals surface area contributed by atoms with Crippen molar-refractivity contribution in [2.45, 2.75) is 39.4 Å². The van der Waals surface area contributed by atoms with Gasteiger partial charge in [-0.05, 0) is 29.2 Å². The number of amides is 1. The Morgan fingerprint density at radius 3 is 2.78 bits per heavy atom. The second-order valence-corrected chi connectivity index (χ2v) is 5.02. The molecule has 4 heteroatoms. The Morgan fingerprint density at radius 1 is 1.44 bits per heavy atom. The van der Waals surface area contributed by atoms with Crippen molar-refractivity contribution in [2.75, 3.05) is 0 Å². The van der Waals surface area contributed by atoms with Crippen LogP contribution in [-0.2, 0) is 17.9 Å². The summed E-state index contributed by atoms with van der Waals surface area (Å²) in [5.74, 6) is -0.131. The monoisotopic (exact) mass is 250 g/mol. The zero-order chi connectivity index (χ0) is 13.3. The molecule has 0 bridgehead atoms. The van der Waals surface area contributed by atoms with E-state index in [0.29, 0.717) is 13.1 Å². The van der Waals surface area contributed by atoms with E-state index in [1.54, 1.807) is 11.0 Å². The van der Waals surface area contributed by atoms with Crippen LogP contribution in [0.5, 0.6) is 0 Å². The smallest absolute Gasteiger partial charge is 0.240 e. The molecule has 2 N–H and O–H groups in total. The van der Waals surface area contributed by atoms with Crippen LogP contribution in [0.3, 0.4) is 0 Å². The van der Waals surface area contributed by atoms with Crippen molar-refractivity contribution >= 4 is 5.91 Å². The van der Waals surface area contributed by atoms with Crippen molar-refractivity contribution in [3.8, 4) is 0 Å². The summed E-state index contributed by atoms with van der Waals surface area (Å²) in [4.78, 5) is 13.9. The van der Waals surface area contributed by atoms with Gasteiger partial charge in [-0.3, -0.25) is 4.79 Å². The fourth-order valence-corrected chi connectivity index (χ4v) is 2.23. The van der Waals surface area contributed by atoms with Gasteiger partial charge in [0.25, 0.3) is 0 Å². The molecule has 0 saturated carbocycles. The molecule has 18 heavy (non-hydrogen) atoms. The van der Waals surface area contributed by atoms with Crippen LogP contribution in [0.25, 0.3) is 0 Å². The summed E-state index contributed by atoms with van der Waals surface area (Å²) in [6.07, 6.45) is 0.877. The Hall–Kier alpha value is -1.42. The molecule has 0 aliphatic carbocycles. The summed E-state index contributed by atoms with van der Waals surface area (Å²) in [5.41, 5.74) is 7.85. The number of nitrogens with two attached hydrogens (primary N) is 1. The molecule has 1 aliphatic heterocycles. The van der Waals surface area contributed by atoms with Crippen LogP contribution in [0.1, 0.15) is 31.4 Å². The van der Waals surface area contributed by atoms with Crippen molar-refractivity contribution in [1.82, 2.24) is 4.90 Å². The van der Waals surface area contributed by atoms with Gasteiger partial charge in [-0.1, -0.05) is 26.3 Å². The van der Waals surface area contributed by atoms with Crippen molar-refractivity contribution < 1.29 is 9.18 Å². The van der Waals surface area contributed by atoms with Crippen molar-refractivity contribution in [3.05, 3.63) is 35.1 Å². The highest BCUT2D eigenvalue weighted by atomic mass is 19.1. The molecule has 0 saturated heterocycles. The molecule has 0 fully saturated rings. The maximum Gasteiger partial charge on any atom is 0.240 e. The van der Waals surface area contributed by atoms with E-state index >= 15 is 0 Å². The standard InChI is InChI=1S/C14H19FN2O/c1-3-9(2)13(16)14(18)17-7-10-4-5-12(15)6-11(10)8-17/h4-6,9,13H,3,7-8,16H2,1-2H3/t9-,13+/m1/s1. The molecule has 1 aromatic rings. The molecule has 2 atom stereocenters. The molecular weight excluding hydrogens is 231 g/mol. The van der Waals surface area contributed by atoms with E-state index in [4.69, 9.17) is 5.73 Å². The fourth-order valence-electron chi connectivity index (χ4n) is 2.23. The third-order valence-electron chi connectivity index (χ3n) is 3.74. The predicted octanol–water partition coefficient (Wildman–Crippen LogP) is 2.04. The Morgan fingerprint density at radius 2 is 2.11 bits per heavy atom. The minimum atomic E-state index is -0.464. The van der Waals surface area contributed by atoms with E-state index in [-0.39, 0.29) is 17.6 Å². The molecular formula is C14H19FN2O. The molecule has 2 rings (SSSR count). The molecule has 0 unspecified atom stereocenters. The summed E-state index contributed by atoms with van der Waals surface area (Å²) >= 11 is 0. The van der Waals surface area contributed by atoms with Crippen LogP contribution in [-0.4, -0.2) is 16.8 Å². The molecule has 1 heterocycles. The topological polar surface area (TPSA) is 46.3 Å². The van der Waals surface area contributed by atoms with Gasteiger partial charge >= 0.3 is 0 Å². The van der Waals surface area contributed by atoms with Gasteiger partial charge < -0.3 is 10.6 Å². The summed E-state index contributed by atoms with van der Waals surface area (Å²) in [6, 6.07) is 4.21. The zero-order valence-corrected chi connectivity index (χ0v) is 10.8. The zero-order valence-electron chi connectivity index (χ0n) is 10.8. The third-order valence-corrected chi connectivity index (χ3v) is 3.74. The average Bonchev–Trinajstić information content (AvgIpc) is 2.78. The van der Waals surface area contributed by atoms with Crippen LogP contribution in [0.4, 0.5) is 4.39 Å². The van der Waals surface area contributed by atoms with E-state index in [1.165, 1.54) is 12.1 Å². The summed E-state index contributed by atoms with van der Waals surface area (Å²) < 4.78 is 13.1. The number of hydrogen-bond donors (Lipinski definition) is 1. The number of nitrogens with zero attached hydrogens (tertiary/aromatic N) is 1. The molecule has 98 valence electrons. The van der Waals surface area contributed by atoms with Crippen molar-refractivity contribution in [3.63, 3.8) is 0 Å². The second kappa shape index (κ2) is 5.06. The van der Waals surface area contributed by atoms with Gasteiger partial charge in [-0.2, -0.15) is 0 Å². The number of carbonyl (C=O) groups is 1. The lowest BCUT2D eigenvalue weighted by molar-refractivity contribution is -0.134. The van der Waals surface area contributed by atoms with E-state index in [2.05, 4.69) is 0 Å². The Bertz CT molecular complexity index is 461. The van der Waals surface area contributed by atoms with Crippen LogP contribution >= 0.6 is 0 Å². The lowest BCUT2D eigenvalue weighted by atomic mass is 9.99. The Labute approximate surface area is 107 Å². The van der Waals surface area contributed by atoms with Gasteiger partial charge in [0.15, 0.2) is 0 Å². The number of carbonyl (C=O) groups excluding carboxylic acids is 1. The molecule has 1 amide bonds. The highest BCUT2D eigenvalue weighted by Gasteiger charge is 2.29. The van der Waals surface area contributed by atoms with Gasteiger partial charge in [0.05, 0.1) is 6.04 Å². The number of halogens is 1. The van der Waals surface area contributed by atoms with Crippen LogP contribution in [0, 0.1) is 11.7 Å². The Balaban J connectivity index is 2.09. The first-order chi connectivity index (χ1) is 8.52. The highest BCUT2D eigenvalue weighted by molar-refractivity contribution is 5.82.